The van der Waals surface area contributed by atoms with Crippen molar-refractivity contribution >= 4 is 44.9 Å². The molecule has 0 aliphatic carbocycles. The van der Waals surface area contributed by atoms with Gasteiger partial charge in [0.2, 0.25) is 15.9 Å². The Balaban J connectivity index is 2.05. The van der Waals surface area contributed by atoms with E-state index in [1.54, 1.807) is 12.1 Å². The fourth-order valence-corrected chi connectivity index (χ4v) is 4.16. The summed E-state index contributed by atoms with van der Waals surface area (Å²) in [6, 6.07) is 9.99. The number of hydrogen-bond donors (Lipinski definition) is 1. The number of benzene rings is 2. The van der Waals surface area contributed by atoms with Crippen molar-refractivity contribution in [3.8, 4) is 0 Å². The van der Waals surface area contributed by atoms with E-state index < -0.39 is 16.0 Å². The van der Waals surface area contributed by atoms with Gasteiger partial charge in [0.25, 0.3) is 0 Å². The van der Waals surface area contributed by atoms with Gasteiger partial charge in [-0.25, -0.2) is 13.2 Å². The van der Waals surface area contributed by atoms with Gasteiger partial charge in [-0.05, 0) is 55.7 Å². The number of carbonyl (C=O) groups is 2. The van der Waals surface area contributed by atoms with E-state index in [2.05, 4.69) is 10.1 Å². The summed E-state index contributed by atoms with van der Waals surface area (Å²) in [5.41, 5.74) is 3.03. The molecule has 2 aromatic carbocycles. The Bertz CT molecular complexity index is 1050. The van der Waals surface area contributed by atoms with E-state index in [1.165, 1.54) is 23.5 Å². The van der Waals surface area contributed by atoms with Gasteiger partial charge in [0.15, 0.2) is 0 Å². The second-order valence-electron chi connectivity index (χ2n) is 6.89. The highest BCUT2D eigenvalue weighted by atomic mass is 35.5. The van der Waals surface area contributed by atoms with Crippen LogP contribution in [0.1, 0.15) is 34.3 Å². The zero-order chi connectivity index (χ0) is 22.5. The Morgan fingerprint density at radius 3 is 2.50 bits per heavy atom. The quantitative estimate of drug-likeness (QED) is 0.612. The summed E-state index contributed by atoms with van der Waals surface area (Å²) < 4.78 is 30.6. The van der Waals surface area contributed by atoms with Crippen LogP contribution in [0.4, 0.5) is 11.4 Å². The molecule has 0 atom stereocenters. The second kappa shape index (κ2) is 9.95. The fraction of sp³-hybridized carbons (Fsp3) is 0.333. The summed E-state index contributed by atoms with van der Waals surface area (Å²) in [6.45, 7) is 3.96. The zero-order valence-electron chi connectivity index (χ0n) is 17.4. The van der Waals surface area contributed by atoms with Crippen LogP contribution >= 0.6 is 11.6 Å². The number of hydrogen-bond acceptors (Lipinski definition) is 5. The number of halogens is 1. The minimum atomic E-state index is -3.50. The maximum absolute atomic E-state index is 12.3. The predicted molar refractivity (Wildman–Crippen MR) is 119 cm³/mol. The van der Waals surface area contributed by atoms with Crippen LogP contribution in [0.5, 0.6) is 0 Å². The van der Waals surface area contributed by atoms with Crippen LogP contribution in [-0.4, -0.2) is 40.2 Å². The van der Waals surface area contributed by atoms with Gasteiger partial charge in [0, 0.05) is 18.7 Å². The molecule has 0 saturated carbocycles. The molecule has 0 radical (unpaired) electrons. The molecule has 1 amide bonds. The molecule has 0 saturated heterocycles. The lowest BCUT2D eigenvalue weighted by atomic mass is 10.1. The number of nitrogens with zero attached hydrogens (tertiary/aromatic N) is 1. The van der Waals surface area contributed by atoms with Crippen molar-refractivity contribution in [1.82, 2.24) is 0 Å². The van der Waals surface area contributed by atoms with Crippen LogP contribution in [0.3, 0.4) is 0 Å². The van der Waals surface area contributed by atoms with Crippen molar-refractivity contribution in [3.63, 3.8) is 0 Å². The maximum atomic E-state index is 12.3. The van der Waals surface area contributed by atoms with Crippen LogP contribution in [0, 0.1) is 13.8 Å². The van der Waals surface area contributed by atoms with E-state index in [0.29, 0.717) is 17.8 Å². The maximum Gasteiger partial charge on any atom is 0.339 e. The van der Waals surface area contributed by atoms with Gasteiger partial charge < -0.3 is 10.1 Å². The van der Waals surface area contributed by atoms with Gasteiger partial charge in [-0.15, -0.1) is 0 Å². The van der Waals surface area contributed by atoms with Gasteiger partial charge in [0.1, 0.15) is 0 Å². The number of rotatable bonds is 8. The highest BCUT2D eigenvalue weighted by Gasteiger charge is 2.20. The molecule has 30 heavy (non-hydrogen) atoms. The molecule has 0 spiro atoms. The van der Waals surface area contributed by atoms with Crippen molar-refractivity contribution in [2.24, 2.45) is 0 Å². The molecule has 0 fully saturated rings. The Kier molecular flexibility index (Phi) is 7.86. The average Bonchev–Trinajstić information content (AvgIpc) is 2.68. The first-order chi connectivity index (χ1) is 14.0. The normalized spacial score (nSPS) is 11.1. The molecule has 2 rings (SSSR count). The molecule has 0 aromatic heterocycles. The zero-order valence-corrected chi connectivity index (χ0v) is 18.9. The first-order valence-electron chi connectivity index (χ1n) is 9.26. The predicted octanol–water partition coefficient (Wildman–Crippen LogP) is 3.93. The third kappa shape index (κ3) is 5.96. The summed E-state index contributed by atoms with van der Waals surface area (Å²) in [5, 5.41) is 2.91. The van der Waals surface area contributed by atoms with E-state index in [9.17, 15) is 18.0 Å². The smallest absolute Gasteiger partial charge is 0.339 e. The molecule has 0 unspecified atom stereocenters. The molecular weight excluding hydrogens is 428 g/mol. The van der Waals surface area contributed by atoms with Crippen LogP contribution < -0.4 is 9.62 Å². The van der Waals surface area contributed by atoms with Gasteiger partial charge in [-0.2, -0.15) is 0 Å². The SMILES string of the molecule is COC(=O)c1cc(NC(=O)CCCN(c2cccc(C)c2C)S(C)(=O)=O)ccc1Cl. The Labute approximate surface area is 182 Å². The Morgan fingerprint density at radius 2 is 1.87 bits per heavy atom. The molecule has 0 aliphatic rings. The number of ether oxygens (including phenoxy) is 1. The van der Waals surface area contributed by atoms with Crippen molar-refractivity contribution in [3.05, 3.63) is 58.1 Å². The molecule has 0 bridgehead atoms. The standard InChI is InChI=1S/C21H25ClN2O5S/c1-14-7-5-8-19(15(14)2)24(30(4,27)28)12-6-9-20(25)23-16-10-11-18(22)17(13-16)21(26)29-3/h5,7-8,10-11,13H,6,9,12H2,1-4H3,(H,23,25). The summed E-state index contributed by atoms with van der Waals surface area (Å²) in [7, 11) is -2.26. The number of anilines is 2. The van der Waals surface area contributed by atoms with Crippen molar-refractivity contribution < 1.29 is 22.7 Å². The minimum Gasteiger partial charge on any atom is -0.465 e. The lowest BCUT2D eigenvalue weighted by Gasteiger charge is -2.24. The van der Waals surface area contributed by atoms with Crippen molar-refractivity contribution in [2.45, 2.75) is 26.7 Å². The molecule has 1 N–H and O–H groups in total. The number of esters is 1. The van der Waals surface area contributed by atoms with Gasteiger partial charge in [0.05, 0.1) is 29.6 Å². The molecule has 162 valence electrons. The lowest BCUT2D eigenvalue weighted by Crippen LogP contribution is -2.32. The first kappa shape index (κ1) is 23.7. The van der Waals surface area contributed by atoms with E-state index in [1.807, 2.05) is 26.0 Å². The molecular formula is C21H25ClN2O5S. The molecule has 0 aliphatic heterocycles. The summed E-state index contributed by atoms with van der Waals surface area (Å²) >= 11 is 5.97. The van der Waals surface area contributed by atoms with Crippen LogP contribution in [-0.2, 0) is 19.6 Å². The largest absolute Gasteiger partial charge is 0.465 e. The van der Waals surface area contributed by atoms with Crippen LogP contribution in [0.15, 0.2) is 36.4 Å². The Morgan fingerprint density at radius 1 is 1.17 bits per heavy atom. The van der Waals surface area contributed by atoms with Crippen molar-refractivity contribution in [1.29, 1.82) is 0 Å². The van der Waals surface area contributed by atoms with Gasteiger partial charge in [-0.3, -0.25) is 9.10 Å². The van der Waals surface area contributed by atoms with Crippen molar-refractivity contribution in [2.75, 3.05) is 29.5 Å². The van der Waals surface area contributed by atoms with Gasteiger partial charge >= 0.3 is 5.97 Å². The molecule has 0 heterocycles. The number of aryl methyl sites for hydroxylation is 1. The Hall–Kier alpha value is -2.58. The number of amides is 1. The summed E-state index contributed by atoms with van der Waals surface area (Å²) in [6.07, 6.45) is 1.58. The highest BCUT2D eigenvalue weighted by Crippen LogP contribution is 2.25. The minimum absolute atomic E-state index is 0.104. The first-order valence-corrected chi connectivity index (χ1v) is 11.5. The fourth-order valence-electron chi connectivity index (χ4n) is 2.95. The molecule has 2 aromatic rings. The van der Waals surface area contributed by atoms with Crippen LogP contribution in [0.2, 0.25) is 5.02 Å². The van der Waals surface area contributed by atoms with E-state index in [0.717, 1.165) is 17.4 Å². The number of sulfonamides is 1. The topological polar surface area (TPSA) is 92.8 Å². The lowest BCUT2D eigenvalue weighted by molar-refractivity contribution is -0.116. The van der Waals surface area contributed by atoms with E-state index >= 15 is 0 Å². The van der Waals surface area contributed by atoms with E-state index in [4.69, 9.17) is 11.6 Å². The summed E-state index contributed by atoms with van der Waals surface area (Å²) in [5.74, 6) is -0.907. The second-order valence-corrected chi connectivity index (χ2v) is 9.21. The molecule has 9 heteroatoms. The van der Waals surface area contributed by atoms with E-state index in [-0.39, 0.29) is 29.5 Å². The number of carbonyl (C=O) groups excluding carboxylic acids is 2. The average molecular weight is 453 g/mol. The number of nitrogens with one attached hydrogen (secondary N) is 1. The highest BCUT2D eigenvalue weighted by molar-refractivity contribution is 7.92. The molecule has 7 nitrogen and oxygen atoms in total. The van der Waals surface area contributed by atoms with Crippen LogP contribution in [0.25, 0.3) is 0 Å². The third-order valence-electron chi connectivity index (χ3n) is 4.67. The van der Waals surface area contributed by atoms with Gasteiger partial charge in [-0.1, -0.05) is 23.7 Å². The monoisotopic (exact) mass is 452 g/mol. The third-order valence-corrected chi connectivity index (χ3v) is 6.18. The number of methoxy groups -OCH3 is 1. The summed E-state index contributed by atoms with van der Waals surface area (Å²) in [4.78, 5) is 24.0.